The largest absolute Gasteiger partial charge is 0.449 e. The first-order chi connectivity index (χ1) is 14.1. The summed E-state index contributed by atoms with van der Waals surface area (Å²) in [6.07, 6.45) is 0.434. The molecular formula is C20H20Cl2N2O5S. The van der Waals surface area contributed by atoms with E-state index in [9.17, 15) is 18.0 Å². The standard InChI is InChI=1S/C20H20Cl2N2O5S/c1-11-3-7-15(30(27,28)24-14-5-6-14)10-16(11)20(26)29-12(2)19(25)23-18-9-13(21)4-8-17(18)22/h3-4,7-10,12,14,24H,5-6H2,1-2H3,(H,23,25). The Morgan fingerprint density at radius 2 is 1.83 bits per heavy atom. The summed E-state index contributed by atoms with van der Waals surface area (Å²) >= 11 is 11.9. The van der Waals surface area contributed by atoms with Crippen LogP contribution >= 0.6 is 23.2 Å². The van der Waals surface area contributed by atoms with Crippen LogP contribution in [0.15, 0.2) is 41.3 Å². The number of hydrogen-bond donors (Lipinski definition) is 2. The van der Waals surface area contributed by atoms with Crippen molar-refractivity contribution in [3.05, 3.63) is 57.6 Å². The van der Waals surface area contributed by atoms with Crippen molar-refractivity contribution < 1.29 is 22.7 Å². The number of benzene rings is 2. The van der Waals surface area contributed by atoms with Crippen LogP contribution in [-0.4, -0.2) is 32.4 Å². The van der Waals surface area contributed by atoms with Gasteiger partial charge in [0.05, 0.1) is 21.2 Å². The molecule has 30 heavy (non-hydrogen) atoms. The van der Waals surface area contributed by atoms with Crippen LogP contribution in [0.4, 0.5) is 5.69 Å². The zero-order valence-corrected chi connectivity index (χ0v) is 18.6. The Kier molecular flexibility index (Phi) is 6.71. The average molecular weight is 471 g/mol. The molecule has 0 aliphatic heterocycles. The first-order valence-electron chi connectivity index (χ1n) is 9.16. The SMILES string of the molecule is Cc1ccc(S(=O)(=O)NC2CC2)cc1C(=O)OC(C)C(=O)Nc1cc(Cl)ccc1Cl. The minimum Gasteiger partial charge on any atom is -0.449 e. The number of aryl methyl sites for hydroxylation is 1. The zero-order valence-electron chi connectivity index (χ0n) is 16.2. The summed E-state index contributed by atoms with van der Waals surface area (Å²) in [6.45, 7) is 3.05. The van der Waals surface area contributed by atoms with E-state index in [-0.39, 0.29) is 27.2 Å². The number of esters is 1. The molecule has 7 nitrogen and oxygen atoms in total. The van der Waals surface area contributed by atoms with Gasteiger partial charge in [-0.3, -0.25) is 4.79 Å². The van der Waals surface area contributed by atoms with Gasteiger partial charge in [-0.1, -0.05) is 29.3 Å². The van der Waals surface area contributed by atoms with Gasteiger partial charge in [-0.2, -0.15) is 0 Å². The van der Waals surface area contributed by atoms with E-state index >= 15 is 0 Å². The lowest BCUT2D eigenvalue weighted by molar-refractivity contribution is -0.123. The highest BCUT2D eigenvalue weighted by Crippen LogP contribution is 2.26. The predicted molar refractivity (Wildman–Crippen MR) is 114 cm³/mol. The lowest BCUT2D eigenvalue weighted by atomic mass is 10.1. The molecule has 0 aromatic heterocycles. The number of anilines is 1. The van der Waals surface area contributed by atoms with Crippen molar-refractivity contribution in [2.24, 2.45) is 0 Å². The Morgan fingerprint density at radius 3 is 2.50 bits per heavy atom. The van der Waals surface area contributed by atoms with Gasteiger partial charge in [0.25, 0.3) is 5.91 Å². The van der Waals surface area contributed by atoms with Crippen LogP contribution in [-0.2, 0) is 19.6 Å². The molecule has 0 saturated heterocycles. The van der Waals surface area contributed by atoms with Gasteiger partial charge in [0.2, 0.25) is 10.0 Å². The van der Waals surface area contributed by atoms with Crippen molar-refractivity contribution in [3.8, 4) is 0 Å². The molecule has 1 amide bonds. The maximum Gasteiger partial charge on any atom is 0.339 e. The zero-order chi connectivity index (χ0) is 22.1. The van der Waals surface area contributed by atoms with Gasteiger partial charge in [0.15, 0.2) is 6.10 Å². The van der Waals surface area contributed by atoms with E-state index in [4.69, 9.17) is 27.9 Å². The van der Waals surface area contributed by atoms with Crippen LogP contribution in [0.3, 0.4) is 0 Å². The molecule has 2 aromatic carbocycles. The third-order valence-corrected chi connectivity index (χ3v) is 6.56. The van der Waals surface area contributed by atoms with Crippen molar-refractivity contribution >= 4 is 50.8 Å². The summed E-state index contributed by atoms with van der Waals surface area (Å²) in [6, 6.07) is 8.71. The Labute approximate surface area is 184 Å². The fourth-order valence-electron chi connectivity index (χ4n) is 2.58. The summed E-state index contributed by atoms with van der Waals surface area (Å²) in [5, 5.41) is 3.21. The molecule has 1 saturated carbocycles. The van der Waals surface area contributed by atoms with Gasteiger partial charge in [-0.15, -0.1) is 0 Å². The molecule has 1 unspecified atom stereocenters. The number of sulfonamides is 1. The van der Waals surface area contributed by atoms with Crippen LogP contribution in [0.25, 0.3) is 0 Å². The molecule has 2 N–H and O–H groups in total. The number of carbonyl (C=O) groups excluding carboxylic acids is 2. The summed E-state index contributed by atoms with van der Waals surface area (Å²) in [5.74, 6) is -1.42. The van der Waals surface area contributed by atoms with Gasteiger partial charge in [0.1, 0.15) is 0 Å². The van der Waals surface area contributed by atoms with Gasteiger partial charge >= 0.3 is 5.97 Å². The van der Waals surface area contributed by atoms with Crippen LogP contribution in [0.5, 0.6) is 0 Å². The number of rotatable bonds is 7. The molecule has 1 fully saturated rings. The van der Waals surface area contributed by atoms with Crippen LogP contribution < -0.4 is 10.0 Å². The first kappa shape index (κ1) is 22.6. The second-order valence-electron chi connectivity index (χ2n) is 7.03. The molecule has 2 aromatic rings. The monoisotopic (exact) mass is 470 g/mol. The second-order valence-corrected chi connectivity index (χ2v) is 9.59. The van der Waals surface area contributed by atoms with Gasteiger partial charge in [-0.05, 0) is 62.6 Å². The van der Waals surface area contributed by atoms with Crippen LogP contribution in [0.2, 0.25) is 10.0 Å². The molecule has 160 valence electrons. The molecule has 0 radical (unpaired) electrons. The molecule has 0 bridgehead atoms. The molecule has 0 heterocycles. The number of halogens is 2. The fraction of sp³-hybridized carbons (Fsp3) is 0.300. The highest BCUT2D eigenvalue weighted by molar-refractivity contribution is 7.89. The summed E-state index contributed by atoms with van der Waals surface area (Å²) in [5.41, 5.74) is 0.873. The molecule has 1 aliphatic rings. The second kappa shape index (κ2) is 8.93. The minimum absolute atomic E-state index is 0.0326. The summed E-state index contributed by atoms with van der Waals surface area (Å²) in [4.78, 5) is 25.0. The smallest absolute Gasteiger partial charge is 0.339 e. The average Bonchev–Trinajstić information content (AvgIpc) is 3.48. The number of ether oxygens (including phenoxy) is 1. The molecular weight excluding hydrogens is 451 g/mol. The molecule has 3 rings (SSSR count). The van der Waals surface area contributed by atoms with Gasteiger partial charge in [0, 0.05) is 11.1 Å². The van der Waals surface area contributed by atoms with Crippen LogP contribution in [0, 0.1) is 6.92 Å². The number of amides is 1. The topological polar surface area (TPSA) is 102 Å². The van der Waals surface area contributed by atoms with E-state index in [1.54, 1.807) is 13.0 Å². The maximum atomic E-state index is 12.6. The van der Waals surface area contributed by atoms with Gasteiger partial charge < -0.3 is 10.1 Å². The highest BCUT2D eigenvalue weighted by Gasteiger charge is 2.29. The van der Waals surface area contributed by atoms with Crippen molar-refractivity contribution in [2.75, 3.05) is 5.32 Å². The number of hydrogen-bond acceptors (Lipinski definition) is 5. The fourth-order valence-corrected chi connectivity index (χ4v) is 4.25. The van der Waals surface area contributed by atoms with E-state index < -0.39 is 28.0 Å². The third-order valence-electron chi connectivity index (χ3n) is 4.48. The van der Waals surface area contributed by atoms with Crippen molar-refractivity contribution in [1.82, 2.24) is 4.72 Å². The lowest BCUT2D eigenvalue weighted by Crippen LogP contribution is -2.30. The van der Waals surface area contributed by atoms with Crippen molar-refractivity contribution in [1.29, 1.82) is 0 Å². The Bertz CT molecular complexity index is 1100. The van der Waals surface area contributed by atoms with E-state index in [0.717, 1.165) is 12.8 Å². The lowest BCUT2D eigenvalue weighted by Gasteiger charge is -2.16. The van der Waals surface area contributed by atoms with Crippen LogP contribution in [0.1, 0.15) is 35.7 Å². The number of carbonyl (C=O) groups is 2. The molecule has 0 spiro atoms. The van der Waals surface area contributed by atoms with Crippen molar-refractivity contribution in [2.45, 2.75) is 43.7 Å². The normalized spacial score (nSPS) is 14.8. The Balaban J connectivity index is 1.72. The molecule has 1 aliphatic carbocycles. The number of nitrogens with one attached hydrogen (secondary N) is 2. The van der Waals surface area contributed by atoms with Gasteiger partial charge in [-0.25, -0.2) is 17.9 Å². The summed E-state index contributed by atoms with van der Waals surface area (Å²) in [7, 11) is -3.73. The molecule has 1 atom stereocenters. The third kappa shape index (κ3) is 5.51. The molecule has 10 heteroatoms. The maximum absolute atomic E-state index is 12.6. The minimum atomic E-state index is -3.73. The first-order valence-corrected chi connectivity index (χ1v) is 11.4. The Hall–Kier alpha value is -2.13. The van der Waals surface area contributed by atoms with E-state index in [1.807, 2.05) is 0 Å². The highest BCUT2D eigenvalue weighted by atomic mass is 35.5. The van der Waals surface area contributed by atoms with E-state index in [2.05, 4.69) is 10.0 Å². The van der Waals surface area contributed by atoms with Crippen molar-refractivity contribution in [3.63, 3.8) is 0 Å². The van der Waals surface area contributed by atoms with E-state index in [0.29, 0.717) is 10.6 Å². The van der Waals surface area contributed by atoms with E-state index in [1.165, 1.54) is 37.3 Å². The Morgan fingerprint density at radius 1 is 1.13 bits per heavy atom. The predicted octanol–water partition coefficient (Wildman–Crippen LogP) is 3.93. The quantitative estimate of drug-likeness (QED) is 0.596. The summed E-state index contributed by atoms with van der Waals surface area (Å²) < 4.78 is 32.6.